The van der Waals surface area contributed by atoms with Crippen molar-refractivity contribution in [2.75, 3.05) is 11.5 Å². The van der Waals surface area contributed by atoms with Crippen molar-refractivity contribution in [1.29, 1.82) is 0 Å². The number of hydrogen-bond donors (Lipinski definition) is 1. The molecule has 1 heterocycles. The van der Waals surface area contributed by atoms with Crippen LogP contribution in [0.4, 0.5) is 13.2 Å². The minimum absolute atomic E-state index is 0.00694. The molecule has 1 aromatic carbocycles. The fourth-order valence-electron chi connectivity index (χ4n) is 2.07. The Morgan fingerprint density at radius 1 is 1.29 bits per heavy atom. The first-order valence-electron chi connectivity index (χ1n) is 5.42. The Kier molecular flexibility index (Phi) is 3.68. The van der Waals surface area contributed by atoms with E-state index in [0.29, 0.717) is 0 Å². The van der Waals surface area contributed by atoms with Crippen LogP contribution >= 0.6 is 11.8 Å². The third kappa shape index (κ3) is 2.77. The van der Waals surface area contributed by atoms with Crippen molar-refractivity contribution in [3.63, 3.8) is 0 Å². The van der Waals surface area contributed by atoms with Crippen LogP contribution in [0, 0.1) is 5.92 Å². The summed E-state index contributed by atoms with van der Waals surface area (Å²) in [5.41, 5.74) is -0.711. The molecular weight excluding hydrogens is 249 g/mol. The summed E-state index contributed by atoms with van der Waals surface area (Å²) in [6.45, 7) is 0. The molecule has 2 atom stereocenters. The summed E-state index contributed by atoms with van der Waals surface area (Å²) in [5.74, 6) is 1.58. The predicted octanol–water partition coefficient (Wildman–Crippen LogP) is 3.49. The van der Waals surface area contributed by atoms with Gasteiger partial charge in [0.25, 0.3) is 0 Å². The van der Waals surface area contributed by atoms with Crippen molar-refractivity contribution >= 4 is 11.8 Å². The second-order valence-electron chi connectivity index (χ2n) is 4.15. The zero-order valence-corrected chi connectivity index (χ0v) is 9.89. The molecule has 1 saturated heterocycles. The standard InChI is InChI=1S/C12H13F3OS/c13-12(14,15)10-4-2-1-3-9(10)11(16)8-5-6-17-7-8/h1-4,8,11,16H,5-7H2. The topological polar surface area (TPSA) is 20.2 Å². The summed E-state index contributed by atoms with van der Waals surface area (Å²) >= 11 is 1.68. The first-order valence-corrected chi connectivity index (χ1v) is 6.57. The van der Waals surface area contributed by atoms with E-state index in [4.69, 9.17) is 0 Å². The second-order valence-corrected chi connectivity index (χ2v) is 5.30. The molecule has 17 heavy (non-hydrogen) atoms. The minimum Gasteiger partial charge on any atom is -0.388 e. The highest BCUT2D eigenvalue weighted by Gasteiger charge is 2.36. The van der Waals surface area contributed by atoms with Crippen molar-refractivity contribution in [1.82, 2.24) is 0 Å². The maximum absolute atomic E-state index is 12.8. The third-order valence-electron chi connectivity index (χ3n) is 3.00. The third-order valence-corrected chi connectivity index (χ3v) is 4.18. The molecule has 2 unspecified atom stereocenters. The summed E-state index contributed by atoms with van der Waals surface area (Å²) in [6.07, 6.45) is -4.63. The largest absolute Gasteiger partial charge is 0.416 e. The molecule has 1 aromatic rings. The number of aliphatic hydroxyl groups is 1. The van der Waals surface area contributed by atoms with Crippen LogP contribution in [-0.4, -0.2) is 16.6 Å². The average molecular weight is 262 g/mol. The van der Waals surface area contributed by atoms with Crippen LogP contribution in [-0.2, 0) is 6.18 Å². The van der Waals surface area contributed by atoms with Crippen LogP contribution < -0.4 is 0 Å². The van der Waals surface area contributed by atoms with E-state index in [1.165, 1.54) is 18.2 Å². The number of halogens is 3. The van der Waals surface area contributed by atoms with E-state index in [9.17, 15) is 18.3 Å². The summed E-state index contributed by atoms with van der Waals surface area (Å²) in [6, 6.07) is 5.29. The van der Waals surface area contributed by atoms with Crippen molar-refractivity contribution in [3.05, 3.63) is 35.4 Å². The fourth-order valence-corrected chi connectivity index (χ4v) is 3.36. The molecule has 0 saturated carbocycles. The Morgan fingerprint density at radius 3 is 2.59 bits per heavy atom. The Hall–Kier alpha value is -0.680. The number of benzene rings is 1. The van der Waals surface area contributed by atoms with Crippen molar-refractivity contribution < 1.29 is 18.3 Å². The first kappa shape index (κ1) is 12.8. The Morgan fingerprint density at radius 2 is 2.00 bits per heavy atom. The molecule has 94 valence electrons. The zero-order valence-electron chi connectivity index (χ0n) is 9.07. The number of hydrogen-bond acceptors (Lipinski definition) is 2. The van der Waals surface area contributed by atoms with E-state index in [0.717, 1.165) is 24.0 Å². The maximum Gasteiger partial charge on any atom is 0.416 e. The van der Waals surface area contributed by atoms with E-state index < -0.39 is 17.8 Å². The summed E-state index contributed by atoms with van der Waals surface area (Å²) in [7, 11) is 0. The Labute approximate surface area is 102 Å². The van der Waals surface area contributed by atoms with Crippen LogP contribution in [0.3, 0.4) is 0 Å². The number of rotatable bonds is 2. The maximum atomic E-state index is 12.8. The zero-order chi connectivity index (χ0) is 12.5. The van der Waals surface area contributed by atoms with Gasteiger partial charge in [0.2, 0.25) is 0 Å². The molecule has 0 aromatic heterocycles. The first-order chi connectivity index (χ1) is 8.00. The van der Waals surface area contributed by atoms with E-state index in [1.807, 2.05) is 0 Å². The number of aliphatic hydroxyl groups excluding tert-OH is 1. The molecule has 0 aliphatic carbocycles. The van der Waals surface area contributed by atoms with Crippen molar-refractivity contribution in [2.24, 2.45) is 5.92 Å². The molecule has 0 radical (unpaired) electrons. The quantitative estimate of drug-likeness (QED) is 0.880. The molecule has 1 N–H and O–H groups in total. The molecule has 0 bridgehead atoms. The van der Waals surface area contributed by atoms with Gasteiger partial charge in [-0.15, -0.1) is 0 Å². The van der Waals surface area contributed by atoms with Crippen LogP contribution in [0.2, 0.25) is 0 Å². The van der Waals surface area contributed by atoms with Gasteiger partial charge in [-0.25, -0.2) is 0 Å². The molecule has 0 amide bonds. The highest BCUT2D eigenvalue weighted by molar-refractivity contribution is 7.99. The Balaban J connectivity index is 2.31. The molecule has 2 rings (SSSR count). The monoisotopic (exact) mass is 262 g/mol. The van der Waals surface area contributed by atoms with E-state index in [2.05, 4.69) is 0 Å². The molecule has 1 fully saturated rings. The van der Waals surface area contributed by atoms with Gasteiger partial charge >= 0.3 is 6.18 Å². The van der Waals surface area contributed by atoms with Gasteiger partial charge in [-0.2, -0.15) is 24.9 Å². The minimum atomic E-state index is -4.40. The van der Waals surface area contributed by atoms with E-state index in [1.54, 1.807) is 11.8 Å². The van der Waals surface area contributed by atoms with Gasteiger partial charge in [0.15, 0.2) is 0 Å². The van der Waals surface area contributed by atoms with Crippen LogP contribution in [0.1, 0.15) is 23.7 Å². The van der Waals surface area contributed by atoms with Crippen molar-refractivity contribution in [3.8, 4) is 0 Å². The molecule has 0 spiro atoms. The smallest absolute Gasteiger partial charge is 0.388 e. The lowest BCUT2D eigenvalue weighted by molar-refractivity contribution is -0.139. The molecular formula is C12H13F3OS. The lowest BCUT2D eigenvalue weighted by Gasteiger charge is -2.21. The molecule has 5 heteroatoms. The number of alkyl halides is 3. The normalized spacial score (nSPS) is 22.7. The van der Waals surface area contributed by atoms with Crippen LogP contribution in [0.25, 0.3) is 0 Å². The van der Waals surface area contributed by atoms with Gasteiger partial charge in [-0.3, -0.25) is 0 Å². The lowest BCUT2D eigenvalue weighted by atomic mass is 9.92. The van der Waals surface area contributed by atoms with Gasteiger partial charge < -0.3 is 5.11 Å². The SMILES string of the molecule is OC(c1ccccc1C(F)(F)F)C1CCSC1. The molecule has 1 aliphatic heterocycles. The van der Waals surface area contributed by atoms with Gasteiger partial charge in [0.05, 0.1) is 11.7 Å². The van der Waals surface area contributed by atoms with Gasteiger partial charge in [-0.1, -0.05) is 18.2 Å². The average Bonchev–Trinajstić information content (AvgIpc) is 2.80. The van der Waals surface area contributed by atoms with Crippen molar-refractivity contribution in [2.45, 2.75) is 18.7 Å². The highest BCUT2D eigenvalue weighted by atomic mass is 32.2. The predicted molar refractivity (Wildman–Crippen MR) is 61.8 cm³/mol. The second kappa shape index (κ2) is 4.90. The van der Waals surface area contributed by atoms with E-state index in [-0.39, 0.29) is 11.5 Å². The van der Waals surface area contributed by atoms with E-state index >= 15 is 0 Å². The summed E-state index contributed by atoms with van der Waals surface area (Å²) < 4.78 is 38.3. The highest BCUT2D eigenvalue weighted by Crippen LogP contribution is 2.40. The van der Waals surface area contributed by atoms with Crippen LogP contribution in [0.15, 0.2) is 24.3 Å². The molecule has 1 nitrogen and oxygen atoms in total. The molecule has 1 aliphatic rings. The Bertz CT molecular complexity index is 386. The summed E-state index contributed by atoms with van der Waals surface area (Å²) in [5, 5.41) is 10.1. The van der Waals surface area contributed by atoms with Gasteiger partial charge in [0, 0.05) is 0 Å². The summed E-state index contributed by atoms with van der Waals surface area (Å²) in [4.78, 5) is 0. The fraction of sp³-hybridized carbons (Fsp3) is 0.500. The van der Waals surface area contributed by atoms with Crippen LogP contribution in [0.5, 0.6) is 0 Å². The number of thioether (sulfide) groups is 1. The van der Waals surface area contributed by atoms with Gasteiger partial charge in [0.1, 0.15) is 0 Å². The lowest BCUT2D eigenvalue weighted by Crippen LogP contribution is -2.17. The van der Waals surface area contributed by atoms with Gasteiger partial charge in [-0.05, 0) is 35.5 Å².